The fourth-order valence-electron chi connectivity index (χ4n) is 2.86. The Labute approximate surface area is 91.3 Å². The van der Waals surface area contributed by atoms with Gasteiger partial charge >= 0.3 is 0 Å². The number of fused-ring (bicyclic) bond motifs is 3. The highest BCUT2D eigenvalue weighted by atomic mass is 35.5. The summed E-state index contributed by atoms with van der Waals surface area (Å²) in [7, 11) is 0. The first-order valence-corrected chi connectivity index (χ1v) is 5.26. The zero-order valence-electron chi connectivity index (χ0n) is 8.20. The molecule has 0 spiro atoms. The van der Waals surface area contributed by atoms with Crippen LogP contribution in [-0.2, 0) is 6.42 Å². The normalized spacial score (nSPS) is 28.9. The van der Waals surface area contributed by atoms with Crippen molar-refractivity contribution in [3.05, 3.63) is 35.4 Å². The second kappa shape index (κ2) is 3.92. The summed E-state index contributed by atoms with van der Waals surface area (Å²) in [4.78, 5) is 0. The summed E-state index contributed by atoms with van der Waals surface area (Å²) < 4.78 is 0. The quantitative estimate of drug-likeness (QED) is 0.693. The summed E-state index contributed by atoms with van der Waals surface area (Å²) in [5.41, 5.74) is 3.19. The third-order valence-corrected chi connectivity index (χ3v) is 3.48. The van der Waals surface area contributed by atoms with Crippen molar-refractivity contribution >= 4 is 12.4 Å². The first-order valence-electron chi connectivity index (χ1n) is 5.26. The predicted molar refractivity (Wildman–Crippen MR) is 61.2 cm³/mol. The number of halogens is 1. The minimum atomic E-state index is 0. The summed E-state index contributed by atoms with van der Waals surface area (Å²) in [6, 6.07) is 9.68. The largest absolute Gasteiger partial charge is 0.313 e. The molecule has 1 aromatic rings. The van der Waals surface area contributed by atoms with Crippen molar-refractivity contribution < 1.29 is 0 Å². The zero-order valence-corrected chi connectivity index (χ0v) is 9.02. The molecule has 2 aliphatic rings. The van der Waals surface area contributed by atoms with Crippen LogP contribution in [0.4, 0.5) is 0 Å². The fourth-order valence-corrected chi connectivity index (χ4v) is 2.86. The van der Waals surface area contributed by atoms with Gasteiger partial charge in [0.05, 0.1) is 0 Å². The molecule has 0 saturated carbocycles. The summed E-state index contributed by atoms with van der Waals surface area (Å²) >= 11 is 0. The Balaban J connectivity index is 0.000000750. The molecule has 14 heavy (non-hydrogen) atoms. The van der Waals surface area contributed by atoms with Crippen LogP contribution in [0.25, 0.3) is 0 Å². The number of hydrogen-bond acceptors (Lipinski definition) is 1. The topological polar surface area (TPSA) is 12.0 Å². The van der Waals surface area contributed by atoms with E-state index >= 15 is 0 Å². The number of piperidine rings is 1. The van der Waals surface area contributed by atoms with Gasteiger partial charge in [-0.3, -0.25) is 0 Å². The minimum absolute atomic E-state index is 0. The molecule has 1 nitrogen and oxygen atoms in total. The van der Waals surface area contributed by atoms with Crippen LogP contribution in [0, 0.1) is 0 Å². The maximum Gasteiger partial charge on any atom is 0.0176 e. The lowest BCUT2D eigenvalue weighted by Gasteiger charge is -2.26. The fraction of sp³-hybridized carbons (Fsp3) is 0.500. The van der Waals surface area contributed by atoms with E-state index in [1.807, 2.05) is 0 Å². The van der Waals surface area contributed by atoms with Gasteiger partial charge in [-0.15, -0.1) is 12.4 Å². The van der Waals surface area contributed by atoms with Crippen LogP contribution in [0.15, 0.2) is 24.3 Å². The highest BCUT2D eigenvalue weighted by Crippen LogP contribution is 2.37. The Morgan fingerprint density at radius 1 is 1.21 bits per heavy atom. The summed E-state index contributed by atoms with van der Waals surface area (Å²) in [5, 5.41) is 3.63. The smallest absolute Gasteiger partial charge is 0.0176 e. The van der Waals surface area contributed by atoms with Crippen LogP contribution in [0.3, 0.4) is 0 Å². The van der Waals surface area contributed by atoms with Gasteiger partial charge in [-0.25, -0.2) is 0 Å². The molecule has 0 amide bonds. The van der Waals surface area contributed by atoms with Crippen molar-refractivity contribution in [1.29, 1.82) is 0 Å². The van der Waals surface area contributed by atoms with Crippen molar-refractivity contribution in [1.82, 2.24) is 5.32 Å². The van der Waals surface area contributed by atoms with Crippen LogP contribution >= 0.6 is 12.4 Å². The van der Waals surface area contributed by atoms with E-state index in [1.165, 1.54) is 25.8 Å². The van der Waals surface area contributed by atoms with Crippen LogP contribution < -0.4 is 5.32 Å². The summed E-state index contributed by atoms with van der Waals surface area (Å²) in [6.45, 7) is 1.22. The van der Waals surface area contributed by atoms with E-state index in [2.05, 4.69) is 29.6 Å². The van der Waals surface area contributed by atoms with Crippen molar-refractivity contribution in [2.45, 2.75) is 31.2 Å². The molecular formula is C12H16ClN. The maximum absolute atomic E-state index is 3.63. The van der Waals surface area contributed by atoms with E-state index < -0.39 is 0 Å². The lowest BCUT2D eigenvalue weighted by atomic mass is 9.90. The molecule has 1 saturated heterocycles. The first kappa shape index (κ1) is 10.0. The molecule has 76 valence electrons. The van der Waals surface area contributed by atoms with Gasteiger partial charge in [0.25, 0.3) is 0 Å². The third-order valence-electron chi connectivity index (χ3n) is 3.48. The molecule has 2 atom stereocenters. The molecule has 0 radical (unpaired) electrons. The second-order valence-corrected chi connectivity index (χ2v) is 4.21. The maximum atomic E-state index is 3.63. The van der Waals surface area contributed by atoms with Gasteiger partial charge in [-0.2, -0.15) is 0 Å². The Hall–Kier alpha value is -0.530. The first-order chi connectivity index (χ1) is 6.45. The Morgan fingerprint density at radius 3 is 3.00 bits per heavy atom. The number of hydrogen-bond donors (Lipinski definition) is 1. The van der Waals surface area contributed by atoms with E-state index in [-0.39, 0.29) is 12.4 Å². The molecule has 0 aromatic heterocycles. The summed E-state index contributed by atoms with van der Waals surface area (Å²) in [6.07, 6.45) is 3.98. The Kier molecular flexibility index (Phi) is 2.80. The molecule has 3 rings (SSSR count). The van der Waals surface area contributed by atoms with Crippen molar-refractivity contribution in [3.63, 3.8) is 0 Å². The lowest BCUT2D eigenvalue weighted by Crippen LogP contribution is -2.37. The van der Waals surface area contributed by atoms with E-state index in [0.717, 1.165) is 12.0 Å². The average Bonchev–Trinajstić information content (AvgIpc) is 2.56. The molecule has 1 aliphatic heterocycles. The van der Waals surface area contributed by atoms with Crippen molar-refractivity contribution in [3.8, 4) is 0 Å². The van der Waals surface area contributed by atoms with Gasteiger partial charge in [-0.05, 0) is 42.9 Å². The monoisotopic (exact) mass is 209 g/mol. The SMILES string of the molecule is Cl.c1ccc2c(c1)C[C@@H]1NCCC[C@@H]21. The van der Waals surface area contributed by atoms with Crippen LogP contribution in [0.5, 0.6) is 0 Å². The highest BCUT2D eigenvalue weighted by molar-refractivity contribution is 5.85. The molecule has 0 unspecified atom stereocenters. The molecule has 1 aliphatic carbocycles. The van der Waals surface area contributed by atoms with Crippen LogP contribution in [0.2, 0.25) is 0 Å². The van der Waals surface area contributed by atoms with E-state index in [9.17, 15) is 0 Å². The number of rotatable bonds is 0. The molecule has 1 N–H and O–H groups in total. The minimum Gasteiger partial charge on any atom is -0.313 e. The Morgan fingerprint density at radius 2 is 2.07 bits per heavy atom. The van der Waals surface area contributed by atoms with Gasteiger partial charge < -0.3 is 5.32 Å². The third kappa shape index (κ3) is 1.45. The van der Waals surface area contributed by atoms with E-state index in [1.54, 1.807) is 11.1 Å². The van der Waals surface area contributed by atoms with Crippen molar-refractivity contribution in [2.75, 3.05) is 6.54 Å². The Bertz CT molecular complexity index is 324. The number of benzene rings is 1. The molecule has 2 heteroatoms. The van der Waals surface area contributed by atoms with Gasteiger partial charge in [0, 0.05) is 6.04 Å². The van der Waals surface area contributed by atoms with E-state index in [4.69, 9.17) is 0 Å². The van der Waals surface area contributed by atoms with E-state index in [0.29, 0.717) is 0 Å². The predicted octanol–water partition coefficient (Wildman–Crippen LogP) is 2.50. The van der Waals surface area contributed by atoms with Crippen LogP contribution in [0.1, 0.15) is 29.9 Å². The second-order valence-electron chi connectivity index (χ2n) is 4.21. The molecule has 1 fully saturated rings. The van der Waals surface area contributed by atoms with Crippen molar-refractivity contribution in [2.24, 2.45) is 0 Å². The standard InChI is InChI=1S/C12H15N.ClH/c1-2-5-10-9(4-1)8-12-11(10)6-3-7-13-12;/h1-2,4-5,11-13H,3,6-8H2;1H/t11-,12-;/m0./s1. The molecule has 1 aromatic carbocycles. The average molecular weight is 210 g/mol. The molecular weight excluding hydrogens is 194 g/mol. The molecule has 1 heterocycles. The highest BCUT2D eigenvalue weighted by Gasteiger charge is 2.33. The number of nitrogens with one attached hydrogen (secondary N) is 1. The van der Waals surface area contributed by atoms with Gasteiger partial charge in [0.15, 0.2) is 0 Å². The zero-order chi connectivity index (χ0) is 8.67. The van der Waals surface area contributed by atoms with Gasteiger partial charge in [0.1, 0.15) is 0 Å². The molecule has 0 bridgehead atoms. The van der Waals surface area contributed by atoms with Crippen LogP contribution in [-0.4, -0.2) is 12.6 Å². The summed E-state index contributed by atoms with van der Waals surface area (Å²) in [5.74, 6) is 0.810. The lowest BCUT2D eigenvalue weighted by molar-refractivity contribution is 0.372. The van der Waals surface area contributed by atoms with Gasteiger partial charge in [0.2, 0.25) is 0 Å². The van der Waals surface area contributed by atoms with Gasteiger partial charge in [-0.1, -0.05) is 24.3 Å².